The highest BCUT2D eigenvalue weighted by Gasteiger charge is 2.24. The summed E-state index contributed by atoms with van der Waals surface area (Å²) >= 11 is 1.24. The van der Waals surface area contributed by atoms with Gasteiger partial charge in [-0.25, -0.2) is 4.79 Å². The quantitative estimate of drug-likeness (QED) is 0.0243. The van der Waals surface area contributed by atoms with Crippen molar-refractivity contribution in [2.45, 2.75) is 218 Å². The number of amides is 4. The molecule has 0 aromatic heterocycles. The summed E-state index contributed by atoms with van der Waals surface area (Å²) in [6, 6.07) is -2.73. The molecule has 0 aromatic carbocycles. The predicted molar refractivity (Wildman–Crippen MR) is 258 cm³/mol. The van der Waals surface area contributed by atoms with Gasteiger partial charge in [0, 0.05) is 24.3 Å². The van der Waals surface area contributed by atoms with Crippen molar-refractivity contribution in [1.82, 2.24) is 21.3 Å². The Hall–Kier alpha value is -3.93. The van der Waals surface area contributed by atoms with E-state index in [-0.39, 0.29) is 42.9 Å². The molecule has 8 N–H and O–H groups in total. The lowest BCUT2D eigenvalue weighted by molar-refractivity contribution is -0.157. The molecular weight excluding hydrogens is 871 g/mol. The summed E-state index contributed by atoms with van der Waals surface area (Å²) < 4.78 is 11.3. The number of rotatable bonds is 46. The van der Waals surface area contributed by atoms with E-state index in [1.54, 1.807) is 0 Å². The van der Waals surface area contributed by atoms with Crippen molar-refractivity contribution in [3.8, 4) is 0 Å². The molecule has 0 unspecified atom stereocenters. The lowest BCUT2D eigenvalue weighted by atomic mass is 10.0. The molecule has 0 rings (SSSR count). The number of carboxylic acids is 2. The standard InChI is InChI=1S/C48H87N5O12S/c1-3-5-7-9-11-13-15-17-19-21-23-25-27-29-45(59)64-35-38(65-46(60)30-28-26-24-22-20-18-16-14-12-10-8-6-4-2)36-66-37-39(49)47(61)52-33-42(55)50-32-41(54)51-34-43(56)53-40(48(62)63)31-44(57)58/h38-40H,3-37,49H2,1-2H3,(H,50,55)(H,51,54)(H,52,61)(H,53,56)(H,57,58)(H,62,63)/t38-,39+,40+/m1/s1. The fourth-order valence-electron chi connectivity index (χ4n) is 7.00. The number of nitrogens with two attached hydrogens (primary N) is 1. The van der Waals surface area contributed by atoms with Gasteiger partial charge in [0.2, 0.25) is 23.6 Å². The number of esters is 2. The molecule has 0 saturated carbocycles. The molecule has 0 aliphatic heterocycles. The zero-order chi connectivity index (χ0) is 49.0. The number of thioether (sulfide) groups is 1. The normalized spacial score (nSPS) is 12.3. The molecule has 0 radical (unpaired) electrons. The number of carboxylic acid groups (broad SMARTS) is 2. The molecule has 0 fully saturated rings. The average Bonchev–Trinajstić information content (AvgIpc) is 3.28. The number of hydrogen-bond donors (Lipinski definition) is 7. The zero-order valence-electron chi connectivity index (χ0n) is 40.4. The van der Waals surface area contributed by atoms with Gasteiger partial charge in [0.25, 0.3) is 0 Å². The molecule has 66 heavy (non-hydrogen) atoms. The number of hydrogen-bond acceptors (Lipinski definition) is 12. The number of carbonyl (C=O) groups is 8. The third-order valence-electron chi connectivity index (χ3n) is 11.0. The maximum Gasteiger partial charge on any atom is 0.326 e. The van der Waals surface area contributed by atoms with Gasteiger partial charge in [-0.15, -0.1) is 0 Å². The minimum atomic E-state index is -1.68. The summed E-state index contributed by atoms with van der Waals surface area (Å²) in [5, 5.41) is 26.5. The van der Waals surface area contributed by atoms with E-state index in [4.69, 9.17) is 25.4 Å². The van der Waals surface area contributed by atoms with Crippen LogP contribution in [0.4, 0.5) is 0 Å². The Morgan fingerprint density at radius 2 is 0.909 bits per heavy atom. The van der Waals surface area contributed by atoms with Crippen LogP contribution in [0, 0.1) is 0 Å². The van der Waals surface area contributed by atoms with Crippen LogP contribution < -0.4 is 27.0 Å². The molecule has 382 valence electrons. The van der Waals surface area contributed by atoms with Crippen molar-refractivity contribution in [2.75, 3.05) is 37.7 Å². The first-order chi connectivity index (χ1) is 31.8. The van der Waals surface area contributed by atoms with Gasteiger partial charge >= 0.3 is 23.9 Å². The highest BCUT2D eigenvalue weighted by molar-refractivity contribution is 7.99. The van der Waals surface area contributed by atoms with Crippen molar-refractivity contribution in [2.24, 2.45) is 5.73 Å². The third-order valence-corrected chi connectivity index (χ3v) is 12.2. The Balaban J connectivity index is 4.69. The summed E-state index contributed by atoms with van der Waals surface area (Å²) in [6.45, 7) is 2.62. The lowest BCUT2D eigenvalue weighted by Crippen LogP contribution is -2.49. The second-order valence-electron chi connectivity index (χ2n) is 17.3. The van der Waals surface area contributed by atoms with Crippen LogP contribution >= 0.6 is 11.8 Å². The van der Waals surface area contributed by atoms with Crippen LogP contribution in [0.1, 0.15) is 200 Å². The molecule has 17 nitrogen and oxygen atoms in total. The molecule has 0 saturated heterocycles. The monoisotopic (exact) mass is 958 g/mol. The van der Waals surface area contributed by atoms with Crippen LogP contribution in [-0.2, 0) is 47.8 Å². The van der Waals surface area contributed by atoms with Crippen LogP contribution in [0.3, 0.4) is 0 Å². The summed E-state index contributed by atoms with van der Waals surface area (Å²) in [5.74, 6) is -6.51. The first-order valence-electron chi connectivity index (χ1n) is 25.0. The Morgan fingerprint density at radius 3 is 1.33 bits per heavy atom. The number of nitrogens with one attached hydrogen (secondary N) is 4. The van der Waals surface area contributed by atoms with Crippen LogP contribution in [-0.4, -0.2) is 114 Å². The van der Waals surface area contributed by atoms with Crippen molar-refractivity contribution >= 4 is 59.3 Å². The van der Waals surface area contributed by atoms with Crippen LogP contribution in [0.5, 0.6) is 0 Å². The number of carbonyl (C=O) groups excluding carboxylic acids is 6. The minimum absolute atomic E-state index is 0.104. The molecule has 3 atom stereocenters. The molecular formula is C48H87N5O12S. The van der Waals surface area contributed by atoms with Crippen LogP contribution in [0.25, 0.3) is 0 Å². The second kappa shape index (κ2) is 43.6. The number of ether oxygens (including phenoxy) is 2. The third kappa shape index (κ3) is 40.4. The van der Waals surface area contributed by atoms with Gasteiger partial charge in [-0.3, -0.25) is 33.6 Å². The average molecular weight is 958 g/mol. The number of unbranched alkanes of at least 4 members (excludes halogenated alkanes) is 24. The fourth-order valence-corrected chi connectivity index (χ4v) is 7.97. The van der Waals surface area contributed by atoms with Gasteiger partial charge in [0.1, 0.15) is 18.8 Å². The summed E-state index contributed by atoms with van der Waals surface area (Å²) in [5.41, 5.74) is 6.06. The lowest BCUT2D eigenvalue weighted by Gasteiger charge is -2.19. The summed E-state index contributed by atoms with van der Waals surface area (Å²) in [6.07, 6.45) is 30.1. The summed E-state index contributed by atoms with van der Waals surface area (Å²) in [7, 11) is 0. The van der Waals surface area contributed by atoms with Gasteiger partial charge in [0.15, 0.2) is 0 Å². The Morgan fingerprint density at radius 1 is 0.515 bits per heavy atom. The van der Waals surface area contributed by atoms with E-state index in [1.165, 1.54) is 127 Å². The maximum atomic E-state index is 12.8. The minimum Gasteiger partial charge on any atom is -0.481 e. The molecule has 0 aliphatic carbocycles. The second-order valence-corrected chi connectivity index (χ2v) is 18.3. The summed E-state index contributed by atoms with van der Waals surface area (Å²) in [4.78, 5) is 96.1. The van der Waals surface area contributed by atoms with E-state index in [2.05, 4.69) is 29.8 Å². The van der Waals surface area contributed by atoms with Crippen LogP contribution in [0.15, 0.2) is 0 Å². The SMILES string of the molecule is CCCCCCCCCCCCCCCC(=O)OC[C@H](CSC[C@H](N)C(=O)NCC(=O)NCC(=O)NCC(=O)N[C@@H](CC(=O)O)C(=O)O)OC(=O)CCCCCCCCCCCCCCC. The van der Waals surface area contributed by atoms with E-state index in [1.807, 2.05) is 5.32 Å². The molecule has 0 heterocycles. The fraction of sp³-hybridized carbons (Fsp3) is 0.833. The van der Waals surface area contributed by atoms with E-state index >= 15 is 0 Å². The van der Waals surface area contributed by atoms with Crippen LogP contribution in [0.2, 0.25) is 0 Å². The van der Waals surface area contributed by atoms with Gasteiger partial charge < -0.3 is 46.7 Å². The van der Waals surface area contributed by atoms with E-state index in [0.717, 1.165) is 44.9 Å². The first kappa shape index (κ1) is 62.1. The van der Waals surface area contributed by atoms with Crippen molar-refractivity contribution in [1.29, 1.82) is 0 Å². The van der Waals surface area contributed by atoms with E-state index < -0.39 is 79.8 Å². The predicted octanol–water partition coefficient (Wildman–Crippen LogP) is 6.86. The zero-order valence-corrected chi connectivity index (χ0v) is 41.3. The molecule has 0 aromatic rings. The Labute approximate surface area is 399 Å². The van der Waals surface area contributed by atoms with E-state index in [0.29, 0.717) is 6.42 Å². The highest BCUT2D eigenvalue weighted by Crippen LogP contribution is 2.16. The van der Waals surface area contributed by atoms with Crippen molar-refractivity contribution in [3.63, 3.8) is 0 Å². The molecule has 18 heteroatoms. The molecule has 0 spiro atoms. The van der Waals surface area contributed by atoms with Gasteiger partial charge in [-0.1, -0.05) is 168 Å². The molecule has 0 bridgehead atoms. The first-order valence-corrected chi connectivity index (χ1v) is 26.2. The highest BCUT2D eigenvalue weighted by atomic mass is 32.2. The van der Waals surface area contributed by atoms with Gasteiger partial charge in [-0.05, 0) is 12.8 Å². The largest absolute Gasteiger partial charge is 0.481 e. The maximum absolute atomic E-state index is 12.8. The van der Waals surface area contributed by atoms with Crippen molar-refractivity contribution in [3.05, 3.63) is 0 Å². The smallest absolute Gasteiger partial charge is 0.326 e. The van der Waals surface area contributed by atoms with E-state index in [9.17, 15) is 38.4 Å². The topological polar surface area (TPSA) is 270 Å². The Bertz CT molecular complexity index is 1360. The van der Waals surface area contributed by atoms with Crippen molar-refractivity contribution < 1.29 is 58.0 Å². The Kier molecular flexibility index (Phi) is 41.0. The molecule has 4 amide bonds. The van der Waals surface area contributed by atoms with Gasteiger partial charge in [-0.2, -0.15) is 11.8 Å². The molecule has 0 aliphatic rings. The van der Waals surface area contributed by atoms with Gasteiger partial charge in [0.05, 0.1) is 32.1 Å². The number of aliphatic carboxylic acids is 2.